The van der Waals surface area contributed by atoms with Gasteiger partial charge in [0.2, 0.25) is 0 Å². The van der Waals surface area contributed by atoms with Crippen molar-refractivity contribution in [3.05, 3.63) is 0 Å². The molecule has 0 spiro atoms. The second kappa shape index (κ2) is 8.68. The topological polar surface area (TPSA) is 47.6 Å². The lowest BCUT2D eigenvalue weighted by molar-refractivity contribution is -0.145. The van der Waals surface area contributed by atoms with E-state index in [0.29, 0.717) is 12.6 Å². The Kier molecular flexibility index (Phi) is 8.33. The van der Waals surface area contributed by atoms with Crippen molar-refractivity contribution in [1.82, 2.24) is 5.32 Å². The van der Waals surface area contributed by atoms with Crippen molar-refractivity contribution in [1.29, 1.82) is 0 Å². The van der Waals surface area contributed by atoms with Crippen LogP contribution in [0.4, 0.5) is 0 Å². The molecular formula is C11H23NO3. The predicted molar refractivity (Wildman–Crippen MR) is 59.8 cm³/mol. The van der Waals surface area contributed by atoms with Crippen LogP contribution in [0.25, 0.3) is 0 Å². The smallest absolute Gasteiger partial charge is 0.308 e. The summed E-state index contributed by atoms with van der Waals surface area (Å²) in [5, 5.41) is 3.29. The lowest BCUT2D eigenvalue weighted by Gasteiger charge is -2.16. The van der Waals surface area contributed by atoms with Crippen molar-refractivity contribution in [2.75, 3.05) is 26.9 Å². The summed E-state index contributed by atoms with van der Waals surface area (Å²) in [6.45, 7) is 8.20. The molecule has 90 valence electrons. The van der Waals surface area contributed by atoms with Crippen molar-refractivity contribution >= 4 is 5.97 Å². The molecule has 4 heteroatoms. The van der Waals surface area contributed by atoms with Crippen molar-refractivity contribution in [3.63, 3.8) is 0 Å². The molecule has 0 amide bonds. The zero-order valence-corrected chi connectivity index (χ0v) is 10.2. The van der Waals surface area contributed by atoms with Gasteiger partial charge in [0.1, 0.15) is 0 Å². The van der Waals surface area contributed by atoms with E-state index < -0.39 is 0 Å². The molecular weight excluding hydrogens is 194 g/mol. The van der Waals surface area contributed by atoms with Crippen molar-refractivity contribution in [2.45, 2.75) is 33.2 Å². The van der Waals surface area contributed by atoms with Gasteiger partial charge in [0.25, 0.3) is 0 Å². The fourth-order valence-electron chi connectivity index (χ4n) is 1.43. The van der Waals surface area contributed by atoms with Crippen LogP contribution in [-0.4, -0.2) is 38.9 Å². The molecule has 2 unspecified atom stereocenters. The maximum atomic E-state index is 11.1. The zero-order valence-electron chi connectivity index (χ0n) is 10.2. The van der Waals surface area contributed by atoms with Crippen LogP contribution in [0.2, 0.25) is 0 Å². The van der Waals surface area contributed by atoms with Crippen LogP contribution in [0.3, 0.4) is 0 Å². The van der Waals surface area contributed by atoms with Gasteiger partial charge >= 0.3 is 5.97 Å². The Bertz CT molecular complexity index is 173. The van der Waals surface area contributed by atoms with E-state index in [1.165, 1.54) is 7.11 Å². The molecule has 0 saturated heterocycles. The Morgan fingerprint density at radius 1 is 1.40 bits per heavy atom. The molecule has 0 saturated carbocycles. The molecule has 0 bridgehead atoms. The van der Waals surface area contributed by atoms with Gasteiger partial charge in [0.15, 0.2) is 0 Å². The number of ether oxygens (including phenoxy) is 2. The highest BCUT2D eigenvalue weighted by Crippen LogP contribution is 2.07. The second-order valence-electron chi connectivity index (χ2n) is 3.71. The molecule has 0 aromatic heterocycles. The van der Waals surface area contributed by atoms with Gasteiger partial charge in [-0.25, -0.2) is 0 Å². The van der Waals surface area contributed by atoms with E-state index in [1.807, 2.05) is 13.8 Å². The number of methoxy groups -OCH3 is 1. The van der Waals surface area contributed by atoms with E-state index in [0.717, 1.165) is 19.6 Å². The summed E-state index contributed by atoms with van der Waals surface area (Å²) in [6, 6.07) is 0.305. The summed E-state index contributed by atoms with van der Waals surface area (Å²) in [7, 11) is 1.42. The van der Waals surface area contributed by atoms with Crippen LogP contribution in [-0.2, 0) is 14.3 Å². The van der Waals surface area contributed by atoms with E-state index in [4.69, 9.17) is 4.74 Å². The molecule has 0 aliphatic heterocycles. The van der Waals surface area contributed by atoms with Crippen LogP contribution in [0.15, 0.2) is 0 Å². The first-order valence-corrected chi connectivity index (χ1v) is 5.50. The molecule has 1 N–H and O–H groups in total. The maximum absolute atomic E-state index is 11.1. The molecule has 0 aliphatic carbocycles. The lowest BCUT2D eigenvalue weighted by atomic mass is 10.0. The molecule has 0 fully saturated rings. The third kappa shape index (κ3) is 7.33. The van der Waals surface area contributed by atoms with E-state index in [2.05, 4.69) is 17.0 Å². The summed E-state index contributed by atoms with van der Waals surface area (Å²) < 4.78 is 9.87. The molecule has 2 atom stereocenters. The second-order valence-corrected chi connectivity index (χ2v) is 3.71. The normalized spacial score (nSPS) is 14.7. The molecule has 0 aromatic rings. The van der Waals surface area contributed by atoms with Crippen LogP contribution < -0.4 is 5.32 Å². The Balaban J connectivity index is 3.55. The number of carbonyl (C=O) groups excluding carboxylic acids is 1. The Hall–Kier alpha value is -0.610. The Labute approximate surface area is 92.3 Å². The summed E-state index contributed by atoms with van der Waals surface area (Å²) >= 11 is 0. The van der Waals surface area contributed by atoms with Crippen LogP contribution >= 0.6 is 0 Å². The molecule has 15 heavy (non-hydrogen) atoms. The minimum Gasteiger partial charge on any atom is -0.469 e. The average Bonchev–Trinajstić information content (AvgIpc) is 2.23. The van der Waals surface area contributed by atoms with Crippen LogP contribution in [0.5, 0.6) is 0 Å². The molecule has 0 heterocycles. The molecule has 0 aromatic carbocycles. The van der Waals surface area contributed by atoms with Gasteiger partial charge in [0, 0.05) is 19.2 Å². The number of rotatable bonds is 8. The first-order valence-electron chi connectivity index (χ1n) is 5.50. The molecule has 0 rings (SSSR count). The van der Waals surface area contributed by atoms with E-state index in [-0.39, 0.29) is 11.9 Å². The third-order valence-corrected chi connectivity index (χ3v) is 2.25. The lowest BCUT2D eigenvalue weighted by Crippen LogP contribution is -2.32. The number of esters is 1. The fraction of sp³-hybridized carbons (Fsp3) is 0.909. The predicted octanol–water partition coefficient (Wildman–Crippen LogP) is 1.20. The van der Waals surface area contributed by atoms with Crippen molar-refractivity contribution in [3.8, 4) is 0 Å². The number of carbonyl (C=O) groups is 1. The number of hydrogen-bond acceptors (Lipinski definition) is 4. The molecule has 0 radical (unpaired) electrons. The average molecular weight is 217 g/mol. The first-order chi connectivity index (χ1) is 7.11. The first kappa shape index (κ1) is 14.4. The van der Waals surface area contributed by atoms with E-state index >= 15 is 0 Å². The van der Waals surface area contributed by atoms with Gasteiger partial charge in [-0.2, -0.15) is 0 Å². The Morgan fingerprint density at radius 2 is 2.07 bits per heavy atom. The Morgan fingerprint density at radius 3 is 2.60 bits per heavy atom. The van der Waals surface area contributed by atoms with Gasteiger partial charge in [-0.1, -0.05) is 6.92 Å². The third-order valence-electron chi connectivity index (χ3n) is 2.25. The largest absolute Gasteiger partial charge is 0.469 e. The fourth-order valence-corrected chi connectivity index (χ4v) is 1.43. The minimum atomic E-state index is -0.145. The van der Waals surface area contributed by atoms with E-state index in [9.17, 15) is 4.79 Å². The van der Waals surface area contributed by atoms with Crippen LogP contribution in [0.1, 0.15) is 27.2 Å². The van der Waals surface area contributed by atoms with Crippen molar-refractivity contribution in [2.24, 2.45) is 5.92 Å². The standard InChI is InChI=1S/C11H23NO3/c1-5-15-7-6-12-10(3)8-9(2)11(13)14-4/h9-10,12H,5-8H2,1-4H3. The molecule has 0 aliphatic rings. The zero-order chi connectivity index (χ0) is 11.7. The highest BCUT2D eigenvalue weighted by molar-refractivity contribution is 5.71. The summed E-state index contributed by atoms with van der Waals surface area (Å²) in [4.78, 5) is 11.1. The molecule has 4 nitrogen and oxygen atoms in total. The minimum absolute atomic E-state index is 0.0513. The number of hydrogen-bond donors (Lipinski definition) is 1. The van der Waals surface area contributed by atoms with Gasteiger partial charge in [-0.3, -0.25) is 4.79 Å². The quantitative estimate of drug-likeness (QED) is 0.490. The van der Waals surface area contributed by atoms with Gasteiger partial charge < -0.3 is 14.8 Å². The van der Waals surface area contributed by atoms with Crippen LogP contribution in [0, 0.1) is 5.92 Å². The summed E-state index contributed by atoms with van der Waals surface area (Å²) in [5.41, 5.74) is 0. The number of nitrogens with one attached hydrogen (secondary N) is 1. The van der Waals surface area contributed by atoms with E-state index in [1.54, 1.807) is 0 Å². The van der Waals surface area contributed by atoms with Gasteiger partial charge in [-0.15, -0.1) is 0 Å². The van der Waals surface area contributed by atoms with Crippen molar-refractivity contribution < 1.29 is 14.3 Å². The monoisotopic (exact) mass is 217 g/mol. The SMILES string of the molecule is CCOCCNC(C)CC(C)C(=O)OC. The highest BCUT2D eigenvalue weighted by atomic mass is 16.5. The van der Waals surface area contributed by atoms with Gasteiger partial charge in [0.05, 0.1) is 19.6 Å². The van der Waals surface area contributed by atoms with Gasteiger partial charge in [-0.05, 0) is 20.3 Å². The maximum Gasteiger partial charge on any atom is 0.308 e. The summed E-state index contributed by atoms with van der Waals surface area (Å²) in [5.74, 6) is -0.196. The highest BCUT2D eigenvalue weighted by Gasteiger charge is 2.15. The summed E-state index contributed by atoms with van der Waals surface area (Å²) in [6.07, 6.45) is 0.790.